The second kappa shape index (κ2) is 8.98. The third kappa shape index (κ3) is 3.65. The topological polar surface area (TPSA) is 68.3 Å². The molecule has 0 spiro atoms. The van der Waals surface area contributed by atoms with Gasteiger partial charge in [0.1, 0.15) is 0 Å². The Kier molecular flexibility index (Phi) is 5.64. The molecule has 0 bridgehead atoms. The summed E-state index contributed by atoms with van der Waals surface area (Å²) in [6.07, 6.45) is 2.88. The fraction of sp³-hybridized carbons (Fsp3) is 0.0625. The van der Waals surface area contributed by atoms with E-state index in [1.165, 1.54) is 34.8 Å². The van der Waals surface area contributed by atoms with Gasteiger partial charge in [0, 0.05) is 41.4 Å². The number of hydrogen-bond donors (Lipinski definition) is 0. The number of hydrogen-bond acceptors (Lipinski definition) is 6. The number of carbonyl (C=O) groups is 4. The van der Waals surface area contributed by atoms with Gasteiger partial charge in [0.25, 0.3) is 0 Å². The van der Waals surface area contributed by atoms with Crippen LogP contribution in [-0.2, 0) is 0 Å². The number of halogens is 4. The molecule has 2 aliphatic carbocycles. The van der Waals surface area contributed by atoms with Crippen LogP contribution in [0.25, 0.3) is 32.3 Å². The van der Waals surface area contributed by atoms with Gasteiger partial charge in [-0.15, -0.1) is 22.7 Å². The Hall–Kier alpha value is -4.54. The standard InChI is InChI=1S/C32H14F4O4S2/c1-11-15-3-13(5-21-27(37)17-7-23(33)24(34)8-18(17)28(21)38)42-32(15)12(2)16-4-14(41-31(11)16)6-22-29(39)19-9-25(35)26(36)10-20(19)30(22)40/h3-10H,1-2H3. The minimum absolute atomic E-state index is 0.167. The van der Waals surface area contributed by atoms with Gasteiger partial charge in [0.2, 0.25) is 0 Å². The SMILES string of the molecule is Cc1c2cc(C=C3C(=O)c4cc(F)c(F)cc4C3=O)sc2c(C)c2cc(C=C3C(=O)c4cc(F)c(F)cc4C3=O)sc12. The van der Waals surface area contributed by atoms with Crippen molar-refractivity contribution in [2.24, 2.45) is 0 Å². The van der Waals surface area contributed by atoms with Gasteiger partial charge in [-0.05, 0) is 84.3 Å². The molecule has 0 aliphatic heterocycles. The van der Waals surface area contributed by atoms with E-state index in [0.29, 0.717) is 9.75 Å². The average Bonchev–Trinajstić information content (AvgIpc) is 3.68. The maximum atomic E-state index is 13.7. The van der Waals surface area contributed by atoms with E-state index in [-0.39, 0.29) is 33.4 Å². The van der Waals surface area contributed by atoms with Crippen molar-refractivity contribution in [2.45, 2.75) is 13.8 Å². The Labute approximate surface area is 242 Å². The van der Waals surface area contributed by atoms with Crippen molar-refractivity contribution < 1.29 is 36.7 Å². The van der Waals surface area contributed by atoms with Gasteiger partial charge in [0.15, 0.2) is 46.4 Å². The Morgan fingerprint density at radius 1 is 0.500 bits per heavy atom. The Balaban J connectivity index is 1.29. The maximum absolute atomic E-state index is 13.7. The number of thiophene rings is 2. The molecule has 5 aromatic rings. The first-order valence-corrected chi connectivity index (χ1v) is 14.1. The lowest BCUT2D eigenvalue weighted by atomic mass is 10.0. The predicted molar refractivity (Wildman–Crippen MR) is 153 cm³/mol. The second-order valence-electron chi connectivity index (χ2n) is 10.1. The van der Waals surface area contributed by atoms with Gasteiger partial charge in [-0.2, -0.15) is 0 Å². The number of fused-ring (bicyclic) bond motifs is 4. The second-order valence-corrected chi connectivity index (χ2v) is 12.3. The van der Waals surface area contributed by atoms with Crippen LogP contribution in [0.3, 0.4) is 0 Å². The molecule has 0 saturated heterocycles. The summed E-state index contributed by atoms with van der Waals surface area (Å²) in [4.78, 5) is 52.6. The first-order chi connectivity index (χ1) is 19.9. The molecule has 2 aliphatic rings. The van der Waals surface area contributed by atoms with E-state index < -0.39 is 46.4 Å². The van der Waals surface area contributed by atoms with Crippen LogP contribution in [0, 0.1) is 37.1 Å². The van der Waals surface area contributed by atoms with Crippen molar-refractivity contribution in [1.29, 1.82) is 0 Å². The number of benzene rings is 3. The zero-order valence-electron chi connectivity index (χ0n) is 21.6. The van der Waals surface area contributed by atoms with Crippen LogP contribution >= 0.6 is 22.7 Å². The summed E-state index contributed by atoms with van der Waals surface area (Å²) in [5, 5.41) is 1.74. The fourth-order valence-corrected chi connectivity index (χ4v) is 7.85. The van der Waals surface area contributed by atoms with Crippen LogP contribution in [0.15, 0.2) is 47.5 Å². The van der Waals surface area contributed by atoms with Gasteiger partial charge in [0.05, 0.1) is 11.1 Å². The number of ketones is 4. The third-order valence-electron chi connectivity index (χ3n) is 7.64. The molecule has 3 aromatic carbocycles. The highest BCUT2D eigenvalue weighted by molar-refractivity contribution is 7.22. The summed E-state index contributed by atoms with van der Waals surface area (Å²) in [5.41, 5.74) is 0.787. The lowest BCUT2D eigenvalue weighted by Gasteiger charge is -2.03. The van der Waals surface area contributed by atoms with Gasteiger partial charge in [-0.25, -0.2) is 17.6 Å². The molecular formula is C32H14F4O4S2. The van der Waals surface area contributed by atoms with E-state index in [1.54, 1.807) is 0 Å². The molecule has 0 radical (unpaired) electrons. The summed E-state index contributed by atoms with van der Waals surface area (Å²) in [5.74, 6) is -7.46. The highest BCUT2D eigenvalue weighted by Crippen LogP contribution is 2.43. The van der Waals surface area contributed by atoms with Crippen molar-refractivity contribution in [3.05, 3.63) is 114 Å². The first-order valence-electron chi connectivity index (χ1n) is 12.5. The molecule has 2 heterocycles. The first kappa shape index (κ1) is 26.4. The summed E-state index contributed by atoms with van der Waals surface area (Å²) < 4.78 is 56.6. The molecule has 0 unspecified atom stereocenters. The average molecular weight is 603 g/mol. The lowest BCUT2D eigenvalue weighted by molar-refractivity contribution is 0.0975. The number of aryl methyl sites for hydroxylation is 2. The van der Waals surface area contributed by atoms with E-state index in [1.807, 2.05) is 26.0 Å². The smallest absolute Gasteiger partial charge is 0.197 e. The highest BCUT2D eigenvalue weighted by atomic mass is 32.1. The fourth-order valence-electron chi connectivity index (χ4n) is 5.50. The lowest BCUT2D eigenvalue weighted by Crippen LogP contribution is -1.99. The number of carbonyl (C=O) groups excluding carboxylic acids is 4. The maximum Gasteiger partial charge on any atom is 0.197 e. The van der Waals surface area contributed by atoms with Crippen molar-refractivity contribution in [3.63, 3.8) is 0 Å². The zero-order chi connectivity index (χ0) is 29.8. The predicted octanol–water partition coefficient (Wildman–Crippen LogP) is 8.21. The van der Waals surface area contributed by atoms with E-state index in [4.69, 9.17) is 0 Å². The van der Waals surface area contributed by atoms with E-state index in [0.717, 1.165) is 55.6 Å². The molecule has 4 nitrogen and oxygen atoms in total. The van der Waals surface area contributed by atoms with Gasteiger partial charge in [-0.3, -0.25) is 19.2 Å². The Bertz CT molecular complexity index is 1940. The summed E-state index contributed by atoms with van der Waals surface area (Å²) >= 11 is 2.69. The van der Waals surface area contributed by atoms with Gasteiger partial charge in [-0.1, -0.05) is 0 Å². The molecule has 0 N–H and O–H groups in total. The van der Waals surface area contributed by atoms with Crippen molar-refractivity contribution in [3.8, 4) is 0 Å². The van der Waals surface area contributed by atoms with E-state index in [2.05, 4.69) is 0 Å². The Morgan fingerprint density at radius 3 is 1.07 bits per heavy atom. The zero-order valence-corrected chi connectivity index (χ0v) is 23.2. The largest absolute Gasteiger partial charge is 0.288 e. The summed E-state index contributed by atoms with van der Waals surface area (Å²) in [6, 6.07) is 6.64. The molecule has 0 atom stereocenters. The number of Topliss-reactive ketones (excluding diaryl/α,β-unsaturated/α-hetero) is 4. The molecule has 0 amide bonds. The van der Waals surface area contributed by atoms with Crippen molar-refractivity contribution >= 4 is 78.1 Å². The normalized spacial score (nSPS) is 14.5. The van der Waals surface area contributed by atoms with Crippen molar-refractivity contribution in [1.82, 2.24) is 0 Å². The number of allylic oxidation sites excluding steroid dienone is 2. The highest BCUT2D eigenvalue weighted by Gasteiger charge is 2.36. The molecule has 10 heteroatoms. The summed E-state index contributed by atoms with van der Waals surface area (Å²) in [6.45, 7) is 3.81. The molecule has 0 fully saturated rings. The van der Waals surface area contributed by atoms with E-state index in [9.17, 15) is 36.7 Å². The molecule has 2 aromatic heterocycles. The minimum atomic E-state index is -1.20. The molecule has 206 valence electrons. The van der Waals surface area contributed by atoms with E-state index >= 15 is 0 Å². The minimum Gasteiger partial charge on any atom is -0.288 e. The van der Waals surface area contributed by atoms with Crippen molar-refractivity contribution in [2.75, 3.05) is 0 Å². The van der Waals surface area contributed by atoms with Gasteiger partial charge >= 0.3 is 0 Å². The summed E-state index contributed by atoms with van der Waals surface area (Å²) in [7, 11) is 0. The molecule has 0 saturated carbocycles. The van der Waals surface area contributed by atoms with Crippen LogP contribution in [0.4, 0.5) is 17.6 Å². The molecule has 7 rings (SSSR count). The Morgan fingerprint density at radius 2 is 0.786 bits per heavy atom. The van der Waals surface area contributed by atoms with Crippen LogP contribution in [0.5, 0.6) is 0 Å². The van der Waals surface area contributed by atoms with Crippen LogP contribution < -0.4 is 0 Å². The van der Waals surface area contributed by atoms with Crippen LogP contribution in [0.2, 0.25) is 0 Å². The van der Waals surface area contributed by atoms with Crippen LogP contribution in [0.1, 0.15) is 62.3 Å². The third-order valence-corrected chi connectivity index (χ3v) is 10.0. The number of rotatable bonds is 2. The monoisotopic (exact) mass is 602 g/mol. The molecule has 42 heavy (non-hydrogen) atoms. The van der Waals surface area contributed by atoms with Gasteiger partial charge < -0.3 is 0 Å². The molecular weight excluding hydrogens is 588 g/mol. The quantitative estimate of drug-likeness (QED) is 0.116. The van der Waals surface area contributed by atoms with Crippen LogP contribution in [-0.4, -0.2) is 23.1 Å².